The van der Waals surface area contributed by atoms with Crippen molar-refractivity contribution in [3.8, 4) is 0 Å². The summed E-state index contributed by atoms with van der Waals surface area (Å²) in [7, 11) is 4.10. The zero-order chi connectivity index (χ0) is 13.5. The van der Waals surface area contributed by atoms with E-state index >= 15 is 0 Å². The van der Waals surface area contributed by atoms with Crippen LogP contribution in [0.15, 0.2) is 18.2 Å². The molecule has 0 aromatic heterocycles. The molecule has 0 unspecified atom stereocenters. The Balaban J connectivity index is 2.39. The Hall–Kier alpha value is -1.55. The van der Waals surface area contributed by atoms with Crippen LogP contribution < -0.4 is 11.1 Å². The lowest BCUT2D eigenvalue weighted by atomic mass is 10.1. The van der Waals surface area contributed by atoms with Crippen molar-refractivity contribution in [3.05, 3.63) is 29.3 Å². The fraction of sp³-hybridized carbons (Fsp3) is 0.500. The molecule has 0 heterocycles. The normalized spacial score (nSPS) is 10.7. The molecule has 18 heavy (non-hydrogen) atoms. The topological polar surface area (TPSA) is 58.4 Å². The Bertz CT molecular complexity index is 402. The summed E-state index contributed by atoms with van der Waals surface area (Å²) in [4.78, 5) is 14.1. The van der Waals surface area contributed by atoms with Crippen LogP contribution in [0, 0.1) is 6.92 Å². The molecule has 3 N–H and O–H groups in total. The highest BCUT2D eigenvalue weighted by Crippen LogP contribution is 2.15. The number of anilines is 1. The summed E-state index contributed by atoms with van der Waals surface area (Å²) in [6, 6.07) is 5.42. The van der Waals surface area contributed by atoms with Crippen LogP contribution in [0.5, 0.6) is 0 Å². The summed E-state index contributed by atoms with van der Waals surface area (Å²) < 4.78 is 0. The van der Waals surface area contributed by atoms with Crippen LogP contribution in [0.1, 0.15) is 28.8 Å². The molecule has 1 aromatic carbocycles. The maximum Gasteiger partial charge on any atom is 0.251 e. The van der Waals surface area contributed by atoms with E-state index in [1.807, 2.05) is 19.1 Å². The van der Waals surface area contributed by atoms with Gasteiger partial charge in [0.25, 0.3) is 5.91 Å². The minimum absolute atomic E-state index is 0.0374. The van der Waals surface area contributed by atoms with E-state index in [0.717, 1.165) is 24.9 Å². The SMILES string of the molecule is Cc1c(N)cccc1C(=O)NCCCCN(C)C. The molecule has 1 rings (SSSR count). The minimum Gasteiger partial charge on any atom is -0.398 e. The van der Waals surface area contributed by atoms with Gasteiger partial charge in [0.05, 0.1) is 0 Å². The summed E-state index contributed by atoms with van der Waals surface area (Å²) in [6.45, 7) is 3.63. The highest BCUT2D eigenvalue weighted by Gasteiger charge is 2.09. The van der Waals surface area contributed by atoms with Gasteiger partial charge in [-0.15, -0.1) is 0 Å². The molecule has 0 spiro atoms. The van der Waals surface area contributed by atoms with Crippen molar-refractivity contribution in [3.63, 3.8) is 0 Å². The van der Waals surface area contributed by atoms with Gasteiger partial charge < -0.3 is 16.0 Å². The monoisotopic (exact) mass is 249 g/mol. The van der Waals surface area contributed by atoms with Crippen LogP contribution in [-0.4, -0.2) is 38.0 Å². The molecule has 0 saturated heterocycles. The second kappa shape index (κ2) is 7.01. The van der Waals surface area contributed by atoms with Gasteiger partial charge in [-0.05, 0) is 58.1 Å². The van der Waals surface area contributed by atoms with Crippen LogP contribution in [-0.2, 0) is 0 Å². The largest absolute Gasteiger partial charge is 0.398 e. The van der Waals surface area contributed by atoms with Crippen LogP contribution >= 0.6 is 0 Å². The molecule has 0 atom stereocenters. The number of nitrogens with zero attached hydrogens (tertiary/aromatic N) is 1. The summed E-state index contributed by atoms with van der Waals surface area (Å²) >= 11 is 0. The van der Waals surface area contributed by atoms with Gasteiger partial charge in [-0.2, -0.15) is 0 Å². The molecule has 0 fully saturated rings. The Morgan fingerprint density at radius 2 is 2.06 bits per heavy atom. The van der Waals surface area contributed by atoms with E-state index in [1.54, 1.807) is 6.07 Å². The molecule has 0 saturated carbocycles. The van der Waals surface area contributed by atoms with Crippen molar-refractivity contribution in [2.24, 2.45) is 0 Å². The highest BCUT2D eigenvalue weighted by atomic mass is 16.1. The van der Waals surface area contributed by atoms with Gasteiger partial charge in [0.2, 0.25) is 0 Å². The number of hydrogen-bond donors (Lipinski definition) is 2. The summed E-state index contributed by atoms with van der Waals surface area (Å²) in [6.07, 6.45) is 2.08. The van der Waals surface area contributed by atoms with E-state index in [4.69, 9.17) is 5.73 Å². The van der Waals surface area contributed by atoms with Gasteiger partial charge in [0.1, 0.15) is 0 Å². The third-order valence-corrected chi connectivity index (χ3v) is 2.94. The molecule has 0 aliphatic carbocycles. The van der Waals surface area contributed by atoms with Crippen molar-refractivity contribution >= 4 is 11.6 Å². The number of rotatable bonds is 6. The molecular formula is C14H23N3O. The van der Waals surface area contributed by atoms with Gasteiger partial charge in [-0.25, -0.2) is 0 Å². The van der Waals surface area contributed by atoms with Crippen LogP contribution in [0.25, 0.3) is 0 Å². The number of carbonyl (C=O) groups excluding carboxylic acids is 1. The number of hydrogen-bond acceptors (Lipinski definition) is 3. The lowest BCUT2D eigenvalue weighted by molar-refractivity contribution is 0.0952. The second-order valence-electron chi connectivity index (χ2n) is 4.79. The Morgan fingerprint density at radius 3 is 2.72 bits per heavy atom. The predicted octanol–water partition coefficient (Wildman–Crippen LogP) is 1.65. The molecular weight excluding hydrogens is 226 g/mol. The fourth-order valence-corrected chi connectivity index (χ4v) is 1.75. The first kappa shape index (κ1) is 14.5. The predicted molar refractivity (Wildman–Crippen MR) is 75.7 cm³/mol. The number of nitrogens with two attached hydrogens (primary N) is 1. The van der Waals surface area contributed by atoms with Gasteiger partial charge in [-0.1, -0.05) is 6.07 Å². The third kappa shape index (κ3) is 4.37. The molecule has 100 valence electrons. The first-order valence-corrected chi connectivity index (χ1v) is 6.30. The number of unbranched alkanes of at least 4 members (excludes halogenated alkanes) is 1. The molecule has 4 heteroatoms. The highest BCUT2D eigenvalue weighted by molar-refractivity contribution is 5.96. The smallest absolute Gasteiger partial charge is 0.251 e. The van der Waals surface area contributed by atoms with Crippen molar-refractivity contribution in [1.29, 1.82) is 0 Å². The third-order valence-electron chi connectivity index (χ3n) is 2.94. The summed E-state index contributed by atoms with van der Waals surface area (Å²) in [5.74, 6) is -0.0374. The Labute approximate surface area is 109 Å². The van der Waals surface area contributed by atoms with Crippen LogP contribution in [0.2, 0.25) is 0 Å². The average Bonchev–Trinajstić information content (AvgIpc) is 2.31. The molecule has 0 aliphatic rings. The van der Waals surface area contributed by atoms with Crippen molar-refractivity contribution in [2.75, 3.05) is 32.9 Å². The van der Waals surface area contributed by atoms with E-state index in [2.05, 4.69) is 24.3 Å². The zero-order valence-corrected chi connectivity index (χ0v) is 11.5. The van der Waals surface area contributed by atoms with Gasteiger partial charge in [0, 0.05) is 17.8 Å². The van der Waals surface area contributed by atoms with Gasteiger partial charge >= 0.3 is 0 Å². The molecule has 0 aliphatic heterocycles. The van der Waals surface area contributed by atoms with E-state index in [9.17, 15) is 4.79 Å². The van der Waals surface area contributed by atoms with Gasteiger partial charge in [0.15, 0.2) is 0 Å². The van der Waals surface area contributed by atoms with Crippen molar-refractivity contribution in [2.45, 2.75) is 19.8 Å². The molecule has 1 amide bonds. The standard InChI is InChI=1S/C14H23N3O/c1-11-12(7-6-8-13(11)15)14(18)16-9-4-5-10-17(2)3/h6-8H,4-5,9-10,15H2,1-3H3,(H,16,18). The maximum atomic E-state index is 11.9. The zero-order valence-electron chi connectivity index (χ0n) is 11.5. The first-order valence-electron chi connectivity index (χ1n) is 6.30. The minimum atomic E-state index is -0.0374. The Kier molecular flexibility index (Phi) is 5.65. The average molecular weight is 249 g/mol. The molecule has 0 radical (unpaired) electrons. The van der Waals surface area contributed by atoms with Crippen molar-refractivity contribution < 1.29 is 4.79 Å². The quantitative estimate of drug-likeness (QED) is 0.595. The fourth-order valence-electron chi connectivity index (χ4n) is 1.75. The maximum absolute atomic E-state index is 11.9. The molecule has 4 nitrogen and oxygen atoms in total. The molecule has 0 bridgehead atoms. The number of carbonyl (C=O) groups is 1. The number of nitrogens with one attached hydrogen (secondary N) is 1. The second-order valence-corrected chi connectivity index (χ2v) is 4.79. The number of amides is 1. The van der Waals surface area contributed by atoms with E-state index in [0.29, 0.717) is 17.8 Å². The van der Waals surface area contributed by atoms with E-state index in [-0.39, 0.29) is 5.91 Å². The summed E-state index contributed by atoms with van der Waals surface area (Å²) in [5.41, 5.74) is 7.96. The lowest BCUT2D eigenvalue weighted by Crippen LogP contribution is -2.26. The van der Waals surface area contributed by atoms with E-state index in [1.165, 1.54) is 0 Å². The lowest BCUT2D eigenvalue weighted by Gasteiger charge is -2.11. The first-order chi connectivity index (χ1) is 8.52. The van der Waals surface area contributed by atoms with Gasteiger partial charge in [-0.3, -0.25) is 4.79 Å². The number of benzene rings is 1. The van der Waals surface area contributed by atoms with Crippen molar-refractivity contribution in [1.82, 2.24) is 10.2 Å². The Morgan fingerprint density at radius 1 is 1.33 bits per heavy atom. The number of nitrogen functional groups attached to an aromatic ring is 1. The van der Waals surface area contributed by atoms with Crippen LogP contribution in [0.3, 0.4) is 0 Å². The summed E-state index contributed by atoms with van der Waals surface area (Å²) in [5, 5.41) is 2.93. The van der Waals surface area contributed by atoms with E-state index < -0.39 is 0 Å². The van der Waals surface area contributed by atoms with Crippen LogP contribution in [0.4, 0.5) is 5.69 Å². The molecule has 1 aromatic rings.